The molecule has 3 heteroatoms. The molecule has 0 atom stereocenters. The largest absolute Gasteiger partial charge is 3.00 e. The summed E-state index contributed by atoms with van der Waals surface area (Å²) in [4.78, 5) is 4.22. The molecule has 1 aromatic heterocycles. The third-order valence-electron chi connectivity index (χ3n) is 1.77. The standard InChI is InChI=1S/C10H9N2.2C4H7.2CH4.Ir/c1-12-8-7-11-10(12)9-5-3-2-4-6-9;2*1-4(2)3;;;/h2-5,7-8H,1H3;2*1H,2-3H3;2*1H4;/q3*-1;;;+3. The zero-order valence-electron chi connectivity index (χ0n) is 13.3. The first-order chi connectivity index (χ1) is 9.34. The summed E-state index contributed by atoms with van der Waals surface area (Å²) >= 11 is 0. The van der Waals surface area contributed by atoms with Crippen LogP contribution >= 0.6 is 0 Å². The van der Waals surface area contributed by atoms with Crippen molar-refractivity contribution in [3.8, 4) is 11.4 Å². The first kappa shape index (κ1) is 29.6. The first-order valence-electron chi connectivity index (χ1n) is 6.40. The second-order valence-corrected chi connectivity index (χ2v) is 4.79. The Bertz CT molecular complexity index is 508. The summed E-state index contributed by atoms with van der Waals surface area (Å²) in [5, 5.41) is 0. The van der Waals surface area contributed by atoms with Crippen LogP contribution in [-0.2, 0) is 27.2 Å². The van der Waals surface area contributed by atoms with Crippen molar-refractivity contribution in [2.24, 2.45) is 7.05 Å². The summed E-state index contributed by atoms with van der Waals surface area (Å²) in [7, 11) is 1.98. The molecule has 0 aliphatic heterocycles. The molecular formula is C20H31IrN2. The molecule has 1 aromatic carbocycles. The van der Waals surface area contributed by atoms with Crippen LogP contribution in [0.4, 0.5) is 0 Å². The van der Waals surface area contributed by atoms with Crippen LogP contribution in [0.3, 0.4) is 0 Å². The molecule has 0 aliphatic rings. The van der Waals surface area contributed by atoms with Gasteiger partial charge in [-0.15, -0.1) is 35.9 Å². The number of imidazole rings is 1. The van der Waals surface area contributed by atoms with Crippen molar-refractivity contribution in [3.05, 3.63) is 67.0 Å². The third kappa shape index (κ3) is 16.8. The van der Waals surface area contributed by atoms with Crippen molar-refractivity contribution < 1.29 is 20.1 Å². The minimum Gasteiger partial charge on any atom is -0.515 e. The normalized spacial score (nSPS) is 7.52. The predicted octanol–water partition coefficient (Wildman–Crippen LogP) is 5.93. The molecule has 2 nitrogen and oxygen atoms in total. The average Bonchev–Trinajstić information content (AvgIpc) is 2.75. The molecule has 2 aromatic rings. The number of hydrogen-bond acceptors (Lipinski definition) is 1. The molecule has 0 spiro atoms. The van der Waals surface area contributed by atoms with Gasteiger partial charge in [-0.3, -0.25) is 16.1 Å². The minimum absolute atomic E-state index is 0. The molecular weight excluding hydrogens is 460 g/mol. The van der Waals surface area contributed by atoms with E-state index in [1.165, 1.54) is 0 Å². The fourth-order valence-corrected chi connectivity index (χ4v) is 1.16. The summed E-state index contributed by atoms with van der Waals surface area (Å²) in [6, 6.07) is 11.0. The number of aryl methyl sites for hydroxylation is 1. The smallest absolute Gasteiger partial charge is 0.515 e. The van der Waals surface area contributed by atoms with Gasteiger partial charge in [0, 0.05) is 19.4 Å². The molecule has 0 amide bonds. The fraction of sp³-hybridized carbons (Fsp3) is 0.350. The topological polar surface area (TPSA) is 17.8 Å². The molecule has 130 valence electrons. The van der Waals surface area contributed by atoms with Gasteiger partial charge in [-0.05, 0) is 0 Å². The van der Waals surface area contributed by atoms with Gasteiger partial charge in [0.1, 0.15) is 0 Å². The number of allylic oxidation sites excluding steroid dienone is 2. The Morgan fingerprint density at radius 3 is 1.83 bits per heavy atom. The van der Waals surface area contributed by atoms with Crippen LogP contribution in [0.5, 0.6) is 0 Å². The molecule has 0 saturated carbocycles. The van der Waals surface area contributed by atoms with E-state index in [4.69, 9.17) is 13.2 Å². The number of nitrogens with zero attached hydrogens (tertiary/aromatic N) is 2. The Morgan fingerprint density at radius 1 is 1.04 bits per heavy atom. The van der Waals surface area contributed by atoms with Gasteiger partial charge in [0.05, 0.1) is 5.82 Å². The van der Waals surface area contributed by atoms with Crippen molar-refractivity contribution in [3.63, 3.8) is 0 Å². The van der Waals surface area contributed by atoms with Gasteiger partial charge in [-0.2, -0.15) is 0 Å². The summed E-state index contributed by atoms with van der Waals surface area (Å²) in [6.07, 6.45) is 3.71. The molecule has 0 saturated heterocycles. The average molecular weight is 492 g/mol. The monoisotopic (exact) mass is 492 g/mol. The van der Waals surface area contributed by atoms with E-state index in [1.54, 1.807) is 6.20 Å². The van der Waals surface area contributed by atoms with Gasteiger partial charge in [-0.25, -0.2) is 0 Å². The molecule has 0 unspecified atom stereocenters. The van der Waals surface area contributed by atoms with Crippen molar-refractivity contribution >= 4 is 0 Å². The van der Waals surface area contributed by atoms with E-state index in [0.29, 0.717) is 0 Å². The number of hydrogen-bond donors (Lipinski definition) is 0. The van der Waals surface area contributed by atoms with Crippen LogP contribution in [0.2, 0.25) is 0 Å². The maximum atomic E-state index is 5.03. The van der Waals surface area contributed by atoms with Crippen LogP contribution in [0.15, 0.2) is 47.8 Å². The quantitative estimate of drug-likeness (QED) is 0.452. The second kappa shape index (κ2) is 16.9. The predicted molar refractivity (Wildman–Crippen MR) is 99.3 cm³/mol. The Kier molecular flexibility index (Phi) is 21.7. The molecule has 0 aliphatic carbocycles. The Balaban J connectivity index is -0.000000142. The number of benzene rings is 1. The van der Waals surface area contributed by atoms with Crippen molar-refractivity contribution in [1.29, 1.82) is 0 Å². The van der Waals surface area contributed by atoms with Gasteiger partial charge in [-0.1, -0.05) is 42.5 Å². The van der Waals surface area contributed by atoms with Gasteiger partial charge in [0.15, 0.2) is 0 Å². The van der Waals surface area contributed by atoms with E-state index < -0.39 is 0 Å². The molecule has 0 bridgehead atoms. The summed E-state index contributed by atoms with van der Waals surface area (Å²) in [5.74, 6) is 0.954. The van der Waals surface area contributed by atoms with Gasteiger partial charge in [0.25, 0.3) is 0 Å². The van der Waals surface area contributed by atoms with Crippen molar-refractivity contribution in [2.45, 2.75) is 42.5 Å². The Labute approximate surface area is 157 Å². The summed E-state index contributed by atoms with van der Waals surface area (Å²) in [5.41, 5.74) is 2.87. The Morgan fingerprint density at radius 2 is 1.52 bits per heavy atom. The first-order valence-corrected chi connectivity index (χ1v) is 6.40. The molecule has 1 heterocycles. The van der Waals surface area contributed by atoms with Crippen LogP contribution in [0.25, 0.3) is 11.4 Å². The SMILES string of the molecule is C.C.Cn1ccnc1-c1[c-]cccc1.[CH-]=C(C)C.[CH-]=C(C)C.[Ir+3]. The third-order valence-corrected chi connectivity index (χ3v) is 1.77. The van der Waals surface area contributed by atoms with Crippen LogP contribution in [0.1, 0.15) is 42.5 Å². The maximum Gasteiger partial charge on any atom is 3.00 e. The van der Waals surface area contributed by atoms with E-state index in [1.807, 2.05) is 69.8 Å². The summed E-state index contributed by atoms with van der Waals surface area (Å²) in [6.45, 7) is 17.5. The van der Waals surface area contributed by atoms with Crippen molar-refractivity contribution in [2.75, 3.05) is 0 Å². The van der Waals surface area contributed by atoms with Gasteiger partial charge < -0.3 is 17.7 Å². The second-order valence-electron chi connectivity index (χ2n) is 4.79. The van der Waals surface area contributed by atoms with E-state index in [2.05, 4.69) is 11.1 Å². The van der Waals surface area contributed by atoms with Crippen LogP contribution < -0.4 is 0 Å². The van der Waals surface area contributed by atoms with E-state index in [9.17, 15) is 0 Å². The minimum atomic E-state index is 0. The molecule has 0 fully saturated rings. The van der Waals surface area contributed by atoms with E-state index >= 15 is 0 Å². The number of rotatable bonds is 1. The Hall–Kier alpha value is -1.44. The fourth-order valence-electron chi connectivity index (χ4n) is 1.16. The molecule has 23 heavy (non-hydrogen) atoms. The maximum absolute atomic E-state index is 5.03. The van der Waals surface area contributed by atoms with Crippen LogP contribution in [0, 0.1) is 19.2 Å². The zero-order valence-corrected chi connectivity index (χ0v) is 15.7. The van der Waals surface area contributed by atoms with Crippen LogP contribution in [-0.4, -0.2) is 9.55 Å². The van der Waals surface area contributed by atoms with E-state index in [-0.39, 0.29) is 35.0 Å². The summed E-state index contributed by atoms with van der Waals surface area (Å²) < 4.78 is 1.98. The van der Waals surface area contributed by atoms with Crippen molar-refractivity contribution in [1.82, 2.24) is 9.55 Å². The van der Waals surface area contributed by atoms with E-state index in [0.717, 1.165) is 22.5 Å². The molecule has 2 rings (SSSR count). The van der Waals surface area contributed by atoms with Gasteiger partial charge in [0.2, 0.25) is 0 Å². The van der Waals surface area contributed by atoms with Gasteiger partial charge >= 0.3 is 20.1 Å². The molecule has 0 N–H and O–H groups in total. The molecule has 0 radical (unpaired) electrons. The number of aromatic nitrogens is 2. The zero-order chi connectivity index (χ0) is 15.5.